The fourth-order valence-electron chi connectivity index (χ4n) is 9.84. The number of allylic oxidation sites excluding steroid dienone is 16. The van der Waals surface area contributed by atoms with Gasteiger partial charge in [0.1, 0.15) is 13.2 Å². The van der Waals surface area contributed by atoms with Crippen LogP contribution >= 0.6 is 0 Å². The van der Waals surface area contributed by atoms with Crippen LogP contribution in [-0.2, 0) is 28.6 Å². The quantitative estimate of drug-likeness (QED) is 0.0261. The molecule has 0 heterocycles. The zero-order chi connectivity index (χ0) is 58.5. The van der Waals surface area contributed by atoms with E-state index in [-0.39, 0.29) is 31.1 Å². The highest BCUT2D eigenvalue weighted by Crippen LogP contribution is 2.17. The Morgan fingerprint density at radius 1 is 0.259 bits per heavy atom. The Hall–Kier alpha value is -3.67. The number of hydrogen-bond donors (Lipinski definition) is 0. The molecular weight excluding hydrogens is 997 g/mol. The highest BCUT2D eigenvalue weighted by molar-refractivity contribution is 5.71. The minimum absolute atomic E-state index is 0.0781. The molecule has 6 nitrogen and oxygen atoms in total. The first-order valence-electron chi connectivity index (χ1n) is 34.7. The lowest BCUT2D eigenvalue weighted by Crippen LogP contribution is -2.30. The molecule has 0 bridgehead atoms. The van der Waals surface area contributed by atoms with Crippen molar-refractivity contribution in [3.8, 4) is 0 Å². The van der Waals surface area contributed by atoms with Crippen molar-refractivity contribution in [2.45, 2.75) is 348 Å². The first-order valence-corrected chi connectivity index (χ1v) is 34.7. The summed E-state index contributed by atoms with van der Waals surface area (Å²) in [5, 5.41) is 0. The Labute approximate surface area is 502 Å². The fourth-order valence-corrected chi connectivity index (χ4v) is 9.84. The van der Waals surface area contributed by atoms with Crippen molar-refractivity contribution >= 4 is 17.9 Å². The molecule has 0 spiro atoms. The minimum atomic E-state index is -0.781. The topological polar surface area (TPSA) is 78.9 Å². The van der Waals surface area contributed by atoms with Gasteiger partial charge in [0.15, 0.2) is 6.10 Å². The zero-order valence-corrected chi connectivity index (χ0v) is 53.5. The summed E-state index contributed by atoms with van der Waals surface area (Å²) in [6.07, 6.45) is 92.9. The molecule has 0 aromatic rings. The van der Waals surface area contributed by atoms with Gasteiger partial charge in [0.05, 0.1) is 0 Å². The standard InChI is InChI=1S/C75H130O6/c1-4-7-10-13-16-19-22-24-26-28-30-31-32-33-34-35-36-37-38-39-40-41-42-43-45-46-48-50-53-56-59-62-65-68-74(77)80-71-72(70-79-73(76)67-64-61-58-55-52-21-18-15-12-9-6-3)81-75(78)69-66-63-60-57-54-51-49-47-44-29-27-25-23-20-17-14-11-8-5-2/h7,10,15-16,18-19,24-27,30-31,33-34,36-37,72H,4-6,8-9,11-14,17,20-23,28-29,32,35,38-71H2,1-3H3/b10-7-,18-15-,19-16-,26-24-,27-25-,31-30-,34-33-,37-36-. The third-order valence-corrected chi connectivity index (χ3v) is 15.0. The van der Waals surface area contributed by atoms with Crippen molar-refractivity contribution in [2.24, 2.45) is 0 Å². The summed E-state index contributed by atoms with van der Waals surface area (Å²) >= 11 is 0. The second-order valence-electron chi connectivity index (χ2n) is 23.1. The minimum Gasteiger partial charge on any atom is -0.462 e. The molecule has 0 saturated carbocycles. The van der Waals surface area contributed by atoms with E-state index >= 15 is 0 Å². The number of rotatable bonds is 63. The molecule has 0 aromatic heterocycles. The van der Waals surface area contributed by atoms with E-state index in [2.05, 4.69) is 118 Å². The number of unbranched alkanes of at least 4 members (excludes halogenated alkanes) is 36. The number of hydrogen-bond acceptors (Lipinski definition) is 6. The highest BCUT2D eigenvalue weighted by atomic mass is 16.6. The lowest BCUT2D eigenvalue weighted by molar-refractivity contribution is -0.167. The number of carbonyl (C=O) groups is 3. The summed E-state index contributed by atoms with van der Waals surface area (Å²) in [6, 6.07) is 0. The van der Waals surface area contributed by atoms with E-state index < -0.39 is 6.10 Å². The maximum atomic E-state index is 12.9. The van der Waals surface area contributed by atoms with Crippen molar-refractivity contribution in [2.75, 3.05) is 13.2 Å². The number of carbonyl (C=O) groups excluding carboxylic acids is 3. The smallest absolute Gasteiger partial charge is 0.306 e. The molecule has 1 unspecified atom stereocenters. The van der Waals surface area contributed by atoms with Crippen LogP contribution in [-0.4, -0.2) is 37.2 Å². The maximum absolute atomic E-state index is 12.9. The third-order valence-electron chi connectivity index (χ3n) is 15.0. The first-order chi connectivity index (χ1) is 40.0. The largest absolute Gasteiger partial charge is 0.462 e. The highest BCUT2D eigenvalue weighted by Gasteiger charge is 2.19. The molecule has 0 N–H and O–H groups in total. The second-order valence-corrected chi connectivity index (χ2v) is 23.1. The van der Waals surface area contributed by atoms with Gasteiger partial charge in [0.2, 0.25) is 0 Å². The Morgan fingerprint density at radius 2 is 0.494 bits per heavy atom. The molecule has 0 radical (unpaired) electrons. The van der Waals surface area contributed by atoms with Crippen LogP contribution in [0.1, 0.15) is 342 Å². The third kappa shape index (κ3) is 67.0. The van der Waals surface area contributed by atoms with Crippen LogP contribution in [0.5, 0.6) is 0 Å². The summed E-state index contributed by atoms with van der Waals surface area (Å²) in [7, 11) is 0. The normalized spacial score (nSPS) is 12.7. The fraction of sp³-hybridized carbons (Fsp3) is 0.747. The van der Waals surface area contributed by atoms with Gasteiger partial charge >= 0.3 is 17.9 Å². The van der Waals surface area contributed by atoms with E-state index in [0.29, 0.717) is 19.3 Å². The van der Waals surface area contributed by atoms with E-state index in [0.717, 1.165) is 103 Å². The van der Waals surface area contributed by atoms with Crippen molar-refractivity contribution in [1.29, 1.82) is 0 Å². The Bertz CT molecular complexity index is 1580. The molecule has 0 aliphatic carbocycles. The number of esters is 3. The molecule has 0 aliphatic rings. The van der Waals surface area contributed by atoms with E-state index in [9.17, 15) is 14.4 Å². The Balaban J connectivity index is 4.17. The predicted molar refractivity (Wildman–Crippen MR) is 353 cm³/mol. The molecule has 0 aromatic carbocycles. The second kappa shape index (κ2) is 68.8. The van der Waals surface area contributed by atoms with Crippen LogP contribution < -0.4 is 0 Å². The average molecular weight is 1130 g/mol. The van der Waals surface area contributed by atoms with Gasteiger partial charge in [-0.2, -0.15) is 0 Å². The van der Waals surface area contributed by atoms with E-state index in [4.69, 9.17) is 14.2 Å². The van der Waals surface area contributed by atoms with Gasteiger partial charge in [-0.1, -0.05) is 304 Å². The van der Waals surface area contributed by atoms with Gasteiger partial charge in [-0.3, -0.25) is 14.4 Å². The van der Waals surface area contributed by atoms with E-state index in [1.54, 1.807) is 0 Å². The van der Waals surface area contributed by atoms with Gasteiger partial charge < -0.3 is 14.2 Å². The van der Waals surface area contributed by atoms with Crippen molar-refractivity contribution in [3.63, 3.8) is 0 Å². The van der Waals surface area contributed by atoms with E-state index in [1.807, 2.05) is 0 Å². The summed E-state index contributed by atoms with van der Waals surface area (Å²) < 4.78 is 16.9. The van der Waals surface area contributed by atoms with Crippen molar-refractivity contribution in [3.05, 3.63) is 97.2 Å². The lowest BCUT2D eigenvalue weighted by atomic mass is 10.0. The Morgan fingerprint density at radius 3 is 0.802 bits per heavy atom. The summed E-state index contributed by atoms with van der Waals surface area (Å²) in [6.45, 7) is 6.51. The molecule has 0 saturated heterocycles. The maximum Gasteiger partial charge on any atom is 0.306 e. The Kier molecular flexibility index (Phi) is 65.7. The number of ether oxygens (including phenoxy) is 3. The molecule has 81 heavy (non-hydrogen) atoms. The molecule has 0 rings (SSSR count). The zero-order valence-electron chi connectivity index (χ0n) is 53.5. The molecule has 466 valence electrons. The van der Waals surface area contributed by atoms with Crippen molar-refractivity contribution < 1.29 is 28.6 Å². The molecular formula is C75H130O6. The molecule has 0 amide bonds. The van der Waals surface area contributed by atoms with Gasteiger partial charge in [0.25, 0.3) is 0 Å². The monoisotopic (exact) mass is 1130 g/mol. The van der Waals surface area contributed by atoms with Crippen LogP contribution in [0, 0.1) is 0 Å². The van der Waals surface area contributed by atoms with Crippen LogP contribution in [0.25, 0.3) is 0 Å². The SMILES string of the molecule is CC/C=C\C/C=C\C/C=C\C/C=C\C/C=C\C/C=C\CCCCCCCCCCCCCCCCC(=O)OCC(COC(=O)CCCCCCC/C=C\CCCC)OC(=O)CCCCCCCCCCC/C=C\CCCCCCCC. The molecule has 1 atom stereocenters. The van der Waals surface area contributed by atoms with E-state index in [1.165, 1.54) is 199 Å². The molecule has 6 heteroatoms. The summed E-state index contributed by atoms with van der Waals surface area (Å²) in [5.74, 6) is -0.877. The average Bonchev–Trinajstić information content (AvgIpc) is 3.47. The van der Waals surface area contributed by atoms with Crippen LogP contribution in [0.2, 0.25) is 0 Å². The lowest BCUT2D eigenvalue weighted by Gasteiger charge is -2.18. The van der Waals surface area contributed by atoms with Gasteiger partial charge in [-0.15, -0.1) is 0 Å². The predicted octanol–water partition coefficient (Wildman–Crippen LogP) is 24.0. The van der Waals surface area contributed by atoms with Crippen LogP contribution in [0.3, 0.4) is 0 Å². The first kappa shape index (κ1) is 77.3. The van der Waals surface area contributed by atoms with Gasteiger partial charge in [-0.05, 0) is 116 Å². The van der Waals surface area contributed by atoms with Gasteiger partial charge in [-0.25, -0.2) is 0 Å². The van der Waals surface area contributed by atoms with Crippen LogP contribution in [0.4, 0.5) is 0 Å². The van der Waals surface area contributed by atoms with Gasteiger partial charge in [0, 0.05) is 19.3 Å². The molecule has 0 aliphatic heterocycles. The van der Waals surface area contributed by atoms with Crippen LogP contribution in [0.15, 0.2) is 97.2 Å². The molecule has 0 fully saturated rings. The summed E-state index contributed by atoms with van der Waals surface area (Å²) in [5.41, 5.74) is 0. The van der Waals surface area contributed by atoms with Crippen molar-refractivity contribution in [1.82, 2.24) is 0 Å². The summed E-state index contributed by atoms with van der Waals surface area (Å²) in [4.78, 5) is 38.3.